The largest absolute Gasteiger partial charge is 0.248 e. The van der Waals surface area contributed by atoms with E-state index < -0.39 is 0 Å². The van der Waals surface area contributed by atoms with Crippen molar-refractivity contribution >= 4 is 11.6 Å². The summed E-state index contributed by atoms with van der Waals surface area (Å²) in [5, 5.41) is 4.85. The van der Waals surface area contributed by atoms with Gasteiger partial charge in [-0.05, 0) is 24.3 Å². The topological polar surface area (TPSA) is 30.7 Å². The molecular weight excluding hydrogens is 277 g/mol. The third-order valence-electron chi connectivity index (χ3n) is 2.99. The normalized spacial score (nSPS) is 10.8. The highest BCUT2D eigenvalue weighted by atomic mass is 35.5. The van der Waals surface area contributed by atoms with Gasteiger partial charge in [-0.3, -0.25) is 0 Å². The van der Waals surface area contributed by atoms with Crippen LogP contribution in [0.5, 0.6) is 0 Å². The first kappa shape index (κ1) is 12.8. The van der Waals surface area contributed by atoms with Crippen LogP contribution in [0.3, 0.4) is 0 Å². The van der Waals surface area contributed by atoms with E-state index in [0.29, 0.717) is 22.2 Å². The van der Waals surface area contributed by atoms with Crippen LogP contribution in [0.1, 0.15) is 0 Å². The lowest BCUT2D eigenvalue weighted by molar-refractivity contribution is 0.629. The molecule has 0 unspecified atom stereocenters. The van der Waals surface area contributed by atoms with Gasteiger partial charge in [0.1, 0.15) is 5.82 Å². The minimum Gasteiger partial charge on any atom is -0.248 e. The van der Waals surface area contributed by atoms with Gasteiger partial charge in [0.05, 0.1) is 10.6 Å². The lowest BCUT2D eigenvalue weighted by Gasteiger charge is -2.01. The fourth-order valence-corrected chi connectivity index (χ4v) is 2.24. The monoisotopic (exact) mass is 287 g/mol. The third kappa shape index (κ3) is 2.18. The summed E-state index contributed by atoms with van der Waals surface area (Å²) in [6.45, 7) is 0. The van der Waals surface area contributed by atoms with E-state index >= 15 is 0 Å². The zero-order chi connectivity index (χ0) is 14.1. The van der Waals surface area contributed by atoms with Crippen LogP contribution in [0.4, 0.5) is 4.39 Å². The minimum absolute atomic E-state index is 0.344. The first-order valence-electron chi connectivity index (χ1n) is 6.07. The van der Waals surface area contributed by atoms with Crippen LogP contribution in [-0.2, 0) is 7.05 Å². The molecule has 2 aromatic carbocycles. The lowest BCUT2D eigenvalue weighted by Crippen LogP contribution is -1.94. The van der Waals surface area contributed by atoms with E-state index in [4.69, 9.17) is 11.6 Å². The molecule has 3 nitrogen and oxygen atoms in total. The van der Waals surface area contributed by atoms with Gasteiger partial charge in [-0.25, -0.2) is 14.1 Å². The number of hydrogen-bond donors (Lipinski definition) is 0. The van der Waals surface area contributed by atoms with Gasteiger partial charge in [-0.1, -0.05) is 35.9 Å². The van der Waals surface area contributed by atoms with Crippen molar-refractivity contribution in [2.24, 2.45) is 7.05 Å². The van der Waals surface area contributed by atoms with Crippen molar-refractivity contribution in [1.29, 1.82) is 0 Å². The molecule has 20 heavy (non-hydrogen) atoms. The van der Waals surface area contributed by atoms with Crippen molar-refractivity contribution in [2.75, 3.05) is 0 Å². The number of rotatable bonds is 2. The molecule has 0 N–H and O–H groups in total. The molecule has 100 valence electrons. The molecule has 0 saturated carbocycles. The molecule has 5 heteroatoms. The van der Waals surface area contributed by atoms with Gasteiger partial charge in [-0.15, -0.1) is 0 Å². The third-order valence-corrected chi connectivity index (χ3v) is 3.32. The summed E-state index contributed by atoms with van der Waals surface area (Å²) < 4.78 is 15.4. The van der Waals surface area contributed by atoms with Crippen molar-refractivity contribution in [3.8, 4) is 22.8 Å². The number of halogens is 2. The molecule has 0 saturated heterocycles. The second-order valence-electron chi connectivity index (χ2n) is 4.34. The number of aryl methyl sites for hydroxylation is 1. The van der Waals surface area contributed by atoms with Gasteiger partial charge < -0.3 is 0 Å². The van der Waals surface area contributed by atoms with E-state index in [1.807, 2.05) is 18.2 Å². The smallest absolute Gasteiger partial charge is 0.184 e. The minimum atomic E-state index is -0.344. The number of hydrogen-bond acceptors (Lipinski definition) is 2. The predicted molar refractivity (Wildman–Crippen MR) is 76.8 cm³/mol. The Hall–Kier alpha value is -2.20. The quantitative estimate of drug-likeness (QED) is 0.715. The highest BCUT2D eigenvalue weighted by Crippen LogP contribution is 2.28. The van der Waals surface area contributed by atoms with Crippen molar-refractivity contribution in [2.45, 2.75) is 0 Å². The molecule has 0 aliphatic carbocycles. The zero-order valence-electron chi connectivity index (χ0n) is 10.7. The Bertz CT molecular complexity index is 767. The van der Waals surface area contributed by atoms with Crippen LogP contribution in [0.2, 0.25) is 5.02 Å². The summed E-state index contributed by atoms with van der Waals surface area (Å²) in [6.07, 6.45) is 0. The van der Waals surface area contributed by atoms with Crippen LogP contribution >= 0.6 is 11.6 Å². The molecule has 0 amide bonds. The molecule has 3 rings (SSSR count). The average molecular weight is 288 g/mol. The standard InChI is InChI=1S/C15H11ClFN3/c1-20-15(10-6-2-4-8-12(10)16)18-14(19-20)11-7-3-5-9-13(11)17/h2-9H,1H3. The second kappa shape index (κ2) is 5.06. The second-order valence-corrected chi connectivity index (χ2v) is 4.75. The van der Waals surface area contributed by atoms with Crippen molar-refractivity contribution in [3.63, 3.8) is 0 Å². The molecule has 0 bridgehead atoms. The Morgan fingerprint density at radius 3 is 2.35 bits per heavy atom. The highest BCUT2D eigenvalue weighted by Gasteiger charge is 2.15. The highest BCUT2D eigenvalue weighted by molar-refractivity contribution is 6.33. The zero-order valence-corrected chi connectivity index (χ0v) is 11.5. The van der Waals surface area contributed by atoms with Gasteiger partial charge in [-0.2, -0.15) is 5.10 Å². The summed E-state index contributed by atoms with van der Waals surface area (Å²) in [5.41, 5.74) is 1.15. The van der Waals surface area contributed by atoms with Crippen LogP contribution < -0.4 is 0 Å². The van der Waals surface area contributed by atoms with E-state index in [-0.39, 0.29) is 5.82 Å². The molecule has 3 aromatic rings. The number of benzene rings is 2. The predicted octanol–water partition coefficient (Wildman–Crippen LogP) is 3.94. The fraction of sp³-hybridized carbons (Fsp3) is 0.0667. The van der Waals surface area contributed by atoms with Crippen molar-refractivity contribution in [1.82, 2.24) is 14.8 Å². The molecule has 0 radical (unpaired) electrons. The van der Waals surface area contributed by atoms with Gasteiger partial charge in [0.15, 0.2) is 11.6 Å². The molecule has 1 heterocycles. The summed E-state index contributed by atoms with van der Waals surface area (Å²) in [4.78, 5) is 4.40. The van der Waals surface area contributed by atoms with Gasteiger partial charge >= 0.3 is 0 Å². The van der Waals surface area contributed by atoms with Crippen molar-refractivity contribution in [3.05, 3.63) is 59.4 Å². The average Bonchev–Trinajstić information content (AvgIpc) is 2.81. The van der Waals surface area contributed by atoms with Crippen molar-refractivity contribution < 1.29 is 4.39 Å². The Kier molecular flexibility index (Phi) is 3.24. The maximum atomic E-state index is 13.8. The first-order chi connectivity index (χ1) is 9.66. The molecule has 0 aliphatic rings. The van der Waals surface area contributed by atoms with Crippen LogP contribution in [0, 0.1) is 5.82 Å². The SMILES string of the molecule is Cn1nc(-c2ccccc2F)nc1-c1ccccc1Cl. The van der Waals surface area contributed by atoms with Gasteiger partial charge in [0.25, 0.3) is 0 Å². The Labute approximate surface area is 120 Å². The van der Waals surface area contributed by atoms with Gasteiger partial charge in [0, 0.05) is 12.6 Å². The van der Waals surface area contributed by atoms with Gasteiger partial charge in [0.2, 0.25) is 0 Å². The van der Waals surface area contributed by atoms with E-state index in [9.17, 15) is 4.39 Å². The maximum absolute atomic E-state index is 13.8. The summed E-state index contributed by atoms with van der Waals surface area (Å²) in [5.74, 6) is 0.609. The molecular formula is C15H11ClFN3. The fourth-order valence-electron chi connectivity index (χ4n) is 2.02. The van der Waals surface area contributed by atoms with Crippen LogP contribution in [-0.4, -0.2) is 14.8 Å². The van der Waals surface area contributed by atoms with Crippen LogP contribution in [0.25, 0.3) is 22.8 Å². The van der Waals surface area contributed by atoms with E-state index in [1.54, 1.807) is 36.0 Å². The van der Waals surface area contributed by atoms with E-state index in [2.05, 4.69) is 10.1 Å². The molecule has 0 atom stereocenters. The Morgan fingerprint density at radius 1 is 1.00 bits per heavy atom. The number of nitrogens with zero attached hydrogens (tertiary/aromatic N) is 3. The van der Waals surface area contributed by atoms with E-state index in [0.717, 1.165) is 5.56 Å². The summed E-state index contributed by atoms with van der Waals surface area (Å²) >= 11 is 6.16. The van der Waals surface area contributed by atoms with Crippen LogP contribution in [0.15, 0.2) is 48.5 Å². The Balaban J connectivity index is 2.13. The Morgan fingerprint density at radius 2 is 1.65 bits per heavy atom. The molecule has 0 aliphatic heterocycles. The first-order valence-corrected chi connectivity index (χ1v) is 6.45. The summed E-state index contributed by atoms with van der Waals surface area (Å²) in [6, 6.07) is 13.8. The summed E-state index contributed by atoms with van der Waals surface area (Å²) in [7, 11) is 1.76. The molecule has 0 fully saturated rings. The number of aromatic nitrogens is 3. The molecule has 0 spiro atoms. The molecule has 1 aromatic heterocycles. The maximum Gasteiger partial charge on any atom is 0.184 e. The lowest BCUT2D eigenvalue weighted by atomic mass is 10.2. The van der Waals surface area contributed by atoms with E-state index in [1.165, 1.54) is 6.07 Å².